The van der Waals surface area contributed by atoms with Crippen molar-refractivity contribution in [3.8, 4) is 5.75 Å². The summed E-state index contributed by atoms with van der Waals surface area (Å²) in [5.74, 6) is -1.68. The average molecular weight is 466 g/mol. The van der Waals surface area contributed by atoms with Gasteiger partial charge in [-0.1, -0.05) is 6.42 Å². The molecule has 1 saturated heterocycles. The fraction of sp³-hybridized carbons (Fsp3) is 0.591. The van der Waals surface area contributed by atoms with E-state index in [1.807, 2.05) is 4.90 Å². The number of benzene rings is 1. The molecule has 11 heteroatoms. The highest BCUT2D eigenvalue weighted by Gasteiger charge is 2.42. The zero-order valence-electron chi connectivity index (χ0n) is 18.2. The molecule has 2 aliphatic carbocycles. The van der Waals surface area contributed by atoms with Crippen LogP contribution in [0.1, 0.15) is 32.1 Å². The Kier molecular flexibility index (Phi) is 7.08. The molecule has 180 valence electrons. The molecule has 3 fully saturated rings. The van der Waals surface area contributed by atoms with Crippen LogP contribution in [0.3, 0.4) is 0 Å². The SMILES string of the molecule is NC(=O)[C@@H](C(=O)Nc1ccc(N2CCOCC2=O)cc1OC(F)F)N(CC1CCC1)C1CC1. The molecule has 4 rings (SSSR count). The van der Waals surface area contributed by atoms with Crippen molar-refractivity contribution in [3.63, 3.8) is 0 Å². The van der Waals surface area contributed by atoms with Gasteiger partial charge in [0.1, 0.15) is 6.61 Å². The molecule has 0 radical (unpaired) electrons. The predicted molar refractivity (Wildman–Crippen MR) is 115 cm³/mol. The zero-order valence-corrected chi connectivity index (χ0v) is 18.2. The number of rotatable bonds is 10. The molecule has 0 aromatic heterocycles. The number of hydrogen-bond donors (Lipinski definition) is 2. The van der Waals surface area contributed by atoms with Crippen molar-refractivity contribution in [3.05, 3.63) is 18.2 Å². The minimum absolute atomic E-state index is 0.0320. The van der Waals surface area contributed by atoms with Crippen LogP contribution in [0.4, 0.5) is 20.2 Å². The van der Waals surface area contributed by atoms with Gasteiger partial charge in [-0.3, -0.25) is 19.3 Å². The molecule has 0 spiro atoms. The molecule has 2 saturated carbocycles. The van der Waals surface area contributed by atoms with Crippen molar-refractivity contribution in [2.45, 2.75) is 50.8 Å². The molecular formula is C22H28F2N4O5. The second kappa shape index (κ2) is 10.0. The molecule has 1 aliphatic heterocycles. The number of hydrogen-bond acceptors (Lipinski definition) is 6. The number of primary amides is 1. The minimum atomic E-state index is -3.15. The number of nitrogens with zero attached hydrogens (tertiary/aromatic N) is 2. The van der Waals surface area contributed by atoms with E-state index < -0.39 is 24.5 Å². The Morgan fingerprint density at radius 2 is 2.03 bits per heavy atom. The Bertz CT molecular complexity index is 907. The third kappa shape index (κ3) is 5.59. The van der Waals surface area contributed by atoms with Gasteiger partial charge in [0.15, 0.2) is 11.8 Å². The lowest BCUT2D eigenvalue weighted by molar-refractivity contribution is -0.133. The average Bonchev–Trinajstić information content (AvgIpc) is 3.55. The molecule has 3 amide bonds. The third-order valence-electron chi connectivity index (χ3n) is 6.30. The van der Waals surface area contributed by atoms with E-state index in [1.165, 1.54) is 23.1 Å². The van der Waals surface area contributed by atoms with E-state index in [9.17, 15) is 23.2 Å². The molecule has 9 nitrogen and oxygen atoms in total. The summed E-state index contributed by atoms with van der Waals surface area (Å²) in [5, 5.41) is 2.54. The Morgan fingerprint density at radius 1 is 1.27 bits per heavy atom. The molecule has 3 aliphatic rings. The second-order valence-corrected chi connectivity index (χ2v) is 8.68. The van der Waals surface area contributed by atoms with E-state index in [2.05, 4.69) is 10.1 Å². The normalized spacial score (nSPS) is 20.0. The quantitative estimate of drug-likeness (QED) is 0.508. The van der Waals surface area contributed by atoms with Crippen LogP contribution in [0, 0.1) is 5.92 Å². The number of nitrogens with two attached hydrogens (primary N) is 1. The van der Waals surface area contributed by atoms with Gasteiger partial charge in [0, 0.05) is 30.9 Å². The van der Waals surface area contributed by atoms with Gasteiger partial charge >= 0.3 is 6.61 Å². The van der Waals surface area contributed by atoms with Gasteiger partial charge in [0.2, 0.25) is 5.91 Å². The number of anilines is 2. The van der Waals surface area contributed by atoms with Gasteiger partial charge in [-0.15, -0.1) is 0 Å². The maximum atomic E-state index is 13.1. The lowest BCUT2D eigenvalue weighted by Crippen LogP contribution is -2.54. The van der Waals surface area contributed by atoms with E-state index in [0.29, 0.717) is 24.8 Å². The highest BCUT2D eigenvalue weighted by Crippen LogP contribution is 2.36. The predicted octanol–water partition coefficient (Wildman–Crippen LogP) is 1.71. The van der Waals surface area contributed by atoms with Crippen molar-refractivity contribution >= 4 is 29.1 Å². The van der Waals surface area contributed by atoms with Crippen molar-refractivity contribution in [2.24, 2.45) is 11.7 Å². The molecule has 1 aromatic carbocycles. The molecule has 3 N–H and O–H groups in total. The van der Waals surface area contributed by atoms with Gasteiger partial charge in [-0.2, -0.15) is 8.78 Å². The number of amides is 3. The van der Waals surface area contributed by atoms with Gasteiger partial charge < -0.3 is 25.4 Å². The molecule has 0 unspecified atom stereocenters. The molecule has 1 aromatic rings. The second-order valence-electron chi connectivity index (χ2n) is 8.68. The van der Waals surface area contributed by atoms with Crippen LogP contribution < -0.4 is 20.7 Å². The molecular weight excluding hydrogens is 438 g/mol. The first-order chi connectivity index (χ1) is 15.8. The highest BCUT2D eigenvalue weighted by atomic mass is 19.3. The smallest absolute Gasteiger partial charge is 0.387 e. The van der Waals surface area contributed by atoms with E-state index in [4.69, 9.17) is 10.5 Å². The van der Waals surface area contributed by atoms with Crippen molar-refractivity contribution in [2.75, 3.05) is 36.5 Å². The van der Waals surface area contributed by atoms with Crippen LogP contribution >= 0.6 is 0 Å². The van der Waals surface area contributed by atoms with Gasteiger partial charge in [0.25, 0.3) is 11.8 Å². The van der Waals surface area contributed by atoms with Crippen molar-refractivity contribution in [1.82, 2.24) is 4.90 Å². The number of halogens is 2. The molecule has 1 heterocycles. The van der Waals surface area contributed by atoms with E-state index >= 15 is 0 Å². The maximum Gasteiger partial charge on any atom is 0.387 e. The van der Waals surface area contributed by atoms with Gasteiger partial charge in [-0.25, -0.2) is 0 Å². The first-order valence-corrected chi connectivity index (χ1v) is 11.2. The number of nitrogens with one attached hydrogen (secondary N) is 1. The lowest BCUT2D eigenvalue weighted by atomic mass is 9.84. The number of carbonyl (C=O) groups is 3. The van der Waals surface area contributed by atoms with E-state index in [-0.39, 0.29) is 36.5 Å². The van der Waals surface area contributed by atoms with Gasteiger partial charge in [0.05, 0.1) is 12.3 Å². The molecule has 33 heavy (non-hydrogen) atoms. The van der Waals surface area contributed by atoms with Crippen LogP contribution in [0.2, 0.25) is 0 Å². The Labute approximate surface area is 190 Å². The summed E-state index contributed by atoms with van der Waals surface area (Å²) in [5.41, 5.74) is 5.91. The van der Waals surface area contributed by atoms with Crippen molar-refractivity contribution in [1.29, 1.82) is 0 Å². The Hall–Kier alpha value is -2.79. The summed E-state index contributed by atoms with van der Waals surface area (Å²) in [7, 11) is 0. The standard InChI is InChI=1S/C22H28F2N4O5/c23-22(24)33-17-10-15(27-8-9-32-12-18(27)29)6-7-16(17)26-21(31)19(20(25)30)28(14-4-5-14)11-13-2-1-3-13/h6-7,10,13-14,19,22H,1-5,8-9,11-12H2,(H2,25,30)(H,26,31)/t19-/m0/s1. The first kappa shape index (κ1) is 23.4. The first-order valence-electron chi connectivity index (χ1n) is 11.2. The fourth-order valence-electron chi connectivity index (χ4n) is 4.26. The summed E-state index contributed by atoms with van der Waals surface area (Å²) in [6.07, 6.45) is 4.98. The summed E-state index contributed by atoms with van der Waals surface area (Å²) >= 11 is 0. The lowest BCUT2D eigenvalue weighted by Gasteiger charge is -2.35. The Balaban J connectivity index is 1.55. The fourth-order valence-corrected chi connectivity index (χ4v) is 4.26. The van der Waals surface area contributed by atoms with Crippen molar-refractivity contribution < 1.29 is 32.6 Å². The monoisotopic (exact) mass is 466 g/mol. The number of carbonyl (C=O) groups excluding carboxylic acids is 3. The number of alkyl halides is 2. The molecule has 0 bridgehead atoms. The largest absolute Gasteiger partial charge is 0.433 e. The summed E-state index contributed by atoms with van der Waals surface area (Å²) < 4.78 is 35.9. The van der Waals surface area contributed by atoms with Crippen LogP contribution in [0.5, 0.6) is 5.75 Å². The third-order valence-corrected chi connectivity index (χ3v) is 6.30. The van der Waals surface area contributed by atoms with E-state index in [0.717, 1.165) is 32.1 Å². The van der Waals surface area contributed by atoms with Crippen LogP contribution in [-0.2, 0) is 19.1 Å². The summed E-state index contributed by atoms with van der Waals surface area (Å²) in [6, 6.07) is 3.05. The van der Waals surface area contributed by atoms with Crippen LogP contribution in [0.15, 0.2) is 18.2 Å². The van der Waals surface area contributed by atoms with Gasteiger partial charge in [-0.05, 0) is 43.7 Å². The van der Waals surface area contributed by atoms with Crippen LogP contribution in [0.25, 0.3) is 0 Å². The van der Waals surface area contributed by atoms with Crippen LogP contribution in [-0.4, -0.2) is 67.6 Å². The van der Waals surface area contributed by atoms with E-state index in [1.54, 1.807) is 0 Å². The number of ether oxygens (including phenoxy) is 2. The highest BCUT2D eigenvalue weighted by molar-refractivity contribution is 6.10. The minimum Gasteiger partial charge on any atom is -0.433 e. The summed E-state index contributed by atoms with van der Waals surface area (Å²) in [4.78, 5) is 40.7. The Morgan fingerprint density at radius 3 is 2.61 bits per heavy atom. The summed E-state index contributed by atoms with van der Waals surface area (Å²) in [6.45, 7) is -2.08. The zero-order chi connectivity index (χ0) is 23.5. The topological polar surface area (TPSA) is 114 Å². The molecule has 1 atom stereocenters. The maximum absolute atomic E-state index is 13.1. The number of morpholine rings is 1.